The van der Waals surface area contributed by atoms with Crippen molar-refractivity contribution >= 4 is 0 Å². The molecule has 0 amide bonds. The zero-order valence-corrected chi connectivity index (χ0v) is 13.5. The highest BCUT2D eigenvalue weighted by Gasteiger charge is 2.32. The van der Waals surface area contributed by atoms with Crippen LogP contribution in [-0.4, -0.2) is 13.6 Å². The monoisotopic (exact) mass is 273 g/mol. The van der Waals surface area contributed by atoms with Gasteiger partial charge in [0.25, 0.3) is 0 Å². The lowest BCUT2D eigenvalue weighted by Crippen LogP contribution is -2.23. The van der Waals surface area contributed by atoms with Crippen LogP contribution in [0.15, 0.2) is 24.3 Å². The van der Waals surface area contributed by atoms with Crippen LogP contribution in [0.5, 0.6) is 0 Å². The molecule has 0 bridgehead atoms. The van der Waals surface area contributed by atoms with E-state index in [2.05, 4.69) is 50.5 Å². The molecule has 1 fully saturated rings. The molecule has 1 nitrogen and oxygen atoms in total. The average Bonchev–Trinajstić information content (AvgIpc) is 2.93. The van der Waals surface area contributed by atoms with Gasteiger partial charge in [-0.15, -0.1) is 0 Å². The van der Waals surface area contributed by atoms with Crippen molar-refractivity contribution in [3.63, 3.8) is 0 Å². The first-order valence-electron chi connectivity index (χ1n) is 8.39. The molecule has 2 rings (SSSR count). The molecule has 1 heteroatoms. The van der Waals surface area contributed by atoms with Crippen LogP contribution in [0, 0.1) is 5.41 Å². The molecule has 20 heavy (non-hydrogen) atoms. The molecular weight excluding hydrogens is 242 g/mol. The van der Waals surface area contributed by atoms with Gasteiger partial charge in [-0.05, 0) is 68.2 Å². The van der Waals surface area contributed by atoms with Crippen molar-refractivity contribution in [2.24, 2.45) is 5.41 Å². The number of hydrogen-bond acceptors (Lipinski definition) is 1. The molecule has 0 spiro atoms. The lowest BCUT2D eigenvalue weighted by atomic mass is 9.77. The maximum Gasteiger partial charge on any atom is -0.00466 e. The summed E-state index contributed by atoms with van der Waals surface area (Å²) in [4.78, 5) is 0. The summed E-state index contributed by atoms with van der Waals surface area (Å²) in [6.07, 6.45) is 9.74. The molecular formula is C19H31N. The smallest absolute Gasteiger partial charge is 0.00466 e. The molecule has 0 heterocycles. The van der Waals surface area contributed by atoms with E-state index in [0.29, 0.717) is 11.3 Å². The second kappa shape index (κ2) is 7.26. The van der Waals surface area contributed by atoms with E-state index in [1.807, 2.05) is 0 Å². The van der Waals surface area contributed by atoms with E-state index in [9.17, 15) is 0 Å². The van der Waals surface area contributed by atoms with Gasteiger partial charge in [0.1, 0.15) is 0 Å². The minimum atomic E-state index is 0.625. The number of benzene rings is 1. The Balaban J connectivity index is 1.92. The summed E-state index contributed by atoms with van der Waals surface area (Å²) in [6.45, 7) is 5.70. The number of aryl methyl sites for hydroxylation is 1. The first-order chi connectivity index (χ1) is 9.65. The van der Waals surface area contributed by atoms with Crippen LogP contribution in [0.2, 0.25) is 0 Å². The summed E-state index contributed by atoms with van der Waals surface area (Å²) in [7, 11) is 2.08. The highest BCUT2D eigenvalue weighted by molar-refractivity contribution is 5.24. The van der Waals surface area contributed by atoms with Crippen molar-refractivity contribution in [1.29, 1.82) is 0 Å². The minimum Gasteiger partial charge on any atom is -0.320 e. The second-order valence-corrected chi connectivity index (χ2v) is 6.96. The van der Waals surface area contributed by atoms with Crippen molar-refractivity contribution in [2.45, 2.75) is 64.7 Å². The van der Waals surface area contributed by atoms with Crippen LogP contribution < -0.4 is 5.32 Å². The third kappa shape index (κ3) is 4.09. The summed E-state index contributed by atoms with van der Waals surface area (Å²) >= 11 is 0. The van der Waals surface area contributed by atoms with Gasteiger partial charge in [-0.2, -0.15) is 0 Å². The van der Waals surface area contributed by atoms with E-state index in [1.54, 1.807) is 0 Å². The van der Waals surface area contributed by atoms with Gasteiger partial charge in [-0.25, -0.2) is 0 Å². The number of nitrogens with one attached hydrogen (secondary N) is 1. The summed E-state index contributed by atoms with van der Waals surface area (Å²) in [5, 5.41) is 3.34. The molecule has 1 saturated carbocycles. The Kier molecular flexibility index (Phi) is 5.65. The fraction of sp³-hybridized carbons (Fsp3) is 0.684. The zero-order valence-electron chi connectivity index (χ0n) is 13.5. The molecule has 1 aliphatic carbocycles. The van der Waals surface area contributed by atoms with E-state index < -0.39 is 0 Å². The van der Waals surface area contributed by atoms with Crippen molar-refractivity contribution in [3.8, 4) is 0 Å². The van der Waals surface area contributed by atoms with Crippen LogP contribution in [0.25, 0.3) is 0 Å². The van der Waals surface area contributed by atoms with Crippen molar-refractivity contribution in [1.82, 2.24) is 5.32 Å². The Hall–Kier alpha value is -0.820. The standard InChI is InChI=1S/C19H31N/c1-16(2)18-8-6-17(7-9-18)10-13-19(14-15-20-3)11-4-5-12-19/h6-9,16,20H,4-5,10-15H2,1-3H3. The van der Waals surface area contributed by atoms with Crippen LogP contribution in [-0.2, 0) is 6.42 Å². The summed E-state index contributed by atoms with van der Waals surface area (Å²) < 4.78 is 0. The Labute approximate surface area is 125 Å². The Morgan fingerprint density at radius 1 is 1.05 bits per heavy atom. The van der Waals surface area contributed by atoms with E-state index in [-0.39, 0.29) is 0 Å². The van der Waals surface area contributed by atoms with Crippen molar-refractivity contribution in [2.75, 3.05) is 13.6 Å². The molecule has 1 N–H and O–H groups in total. The van der Waals surface area contributed by atoms with Gasteiger partial charge in [0.15, 0.2) is 0 Å². The molecule has 0 radical (unpaired) electrons. The highest BCUT2D eigenvalue weighted by atomic mass is 14.8. The third-order valence-electron chi connectivity index (χ3n) is 5.16. The maximum atomic E-state index is 3.34. The average molecular weight is 273 g/mol. The molecule has 1 aromatic carbocycles. The zero-order chi connectivity index (χ0) is 14.4. The molecule has 0 atom stereocenters. The molecule has 112 valence electrons. The Morgan fingerprint density at radius 2 is 1.70 bits per heavy atom. The van der Waals surface area contributed by atoms with Crippen LogP contribution >= 0.6 is 0 Å². The fourth-order valence-electron chi connectivity index (χ4n) is 3.62. The molecule has 0 saturated heterocycles. The summed E-state index contributed by atoms with van der Waals surface area (Å²) in [5.41, 5.74) is 3.60. The van der Waals surface area contributed by atoms with Gasteiger partial charge in [0.05, 0.1) is 0 Å². The van der Waals surface area contributed by atoms with Gasteiger partial charge in [-0.3, -0.25) is 0 Å². The van der Waals surface area contributed by atoms with Crippen molar-refractivity contribution in [3.05, 3.63) is 35.4 Å². The van der Waals surface area contributed by atoms with Crippen LogP contribution in [0.3, 0.4) is 0 Å². The normalized spacial score (nSPS) is 17.8. The fourth-order valence-corrected chi connectivity index (χ4v) is 3.62. The molecule has 0 aliphatic heterocycles. The van der Waals surface area contributed by atoms with Gasteiger partial charge >= 0.3 is 0 Å². The minimum absolute atomic E-state index is 0.625. The van der Waals surface area contributed by atoms with Gasteiger partial charge in [0, 0.05) is 0 Å². The highest BCUT2D eigenvalue weighted by Crippen LogP contribution is 2.44. The SMILES string of the molecule is CNCCC1(CCc2ccc(C(C)C)cc2)CCCC1. The van der Waals surface area contributed by atoms with Gasteiger partial charge < -0.3 is 5.32 Å². The number of rotatable bonds is 7. The predicted octanol–water partition coefficient (Wildman–Crippen LogP) is 4.91. The lowest BCUT2D eigenvalue weighted by Gasteiger charge is -2.29. The largest absolute Gasteiger partial charge is 0.320 e. The summed E-state index contributed by atoms with van der Waals surface area (Å²) in [5.74, 6) is 0.640. The molecule has 0 aromatic heterocycles. The topological polar surface area (TPSA) is 12.0 Å². The third-order valence-corrected chi connectivity index (χ3v) is 5.16. The predicted molar refractivity (Wildman–Crippen MR) is 88.3 cm³/mol. The van der Waals surface area contributed by atoms with E-state index in [4.69, 9.17) is 0 Å². The summed E-state index contributed by atoms with van der Waals surface area (Å²) in [6, 6.07) is 9.32. The quantitative estimate of drug-likeness (QED) is 0.744. The lowest BCUT2D eigenvalue weighted by molar-refractivity contribution is 0.247. The molecule has 0 unspecified atom stereocenters. The van der Waals surface area contributed by atoms with Gasteiger partial charge in [-0.1, -0.05) is 51.0 Å². The Morgan fingerprint density at radius 3 is 2.25 bits per heavy atom. The maximum absolute atomic E-state index is 3.34. The molecule has 1 aliphatic rings. The second-order valence-electron chi connectivity index (χ2n) is 6.96. The van der Waals surface area contributed by atoms with Crippen LogP contribution in [0.1, 0.15) is 69.4 Å². The number of hydrogen-bond donors (Lipinski definition) is 1. The van der Waals surface area contributed by atoms with Crippen LogP contribution in [0.4, 0.5) is 0 Å². The Bertz CT molecular complexity index is 385. The van der Waals surface area contributed by atoms with Crippen molar-refractivity contribution < 1.29 is 0 Å². The van der Waals surface area contributed by atoms with E-state index >= 15 is 0 Å². The van der Waals surface area contributed by atoms with E-state index in [0.717, 1.165) is 0 Å². The first-order valence-corrected chi connectivity index (χ1v) is 8.39. The van der Waals surface area contributed by atoms with Gasteiger partial charge in [0.2, 0.25) is 0 Å². The molecule has 1 aromatic rings. The first kappa shape index (κ1) is 15.6. The van der Waals surface area contributed by atoms with E-state index in [1.165, 1.54) is 62.6 Å².